The van der Waals surface area contributed by atoms with Gasteiger partial charge < -0.3 is 4.74 Å². The van der Waals surface area contributed by atoms with Crippen molar-refractivity contribution in [2.24, 2.45) is 0 Å². The lowest BCUT2D eigenvalue weighted by molar-refractivity contribution is 0.102. The molecule has 0 fully saturated rings. The van der Waals surface area contributed by atoms with Gasteiger partial charge in [0.15, 0.2) is 11.6 Å². The van der Waals surface area contributed by atoms with Crippen LogP contribution in [0.2, 0.25) is 5.15 Å². The summed E-state index contributed by atoms with van der Waals surface area (Å²) in [5.41, 5.74) is 0.741. The molecule has 1 aromatic carbocycles. The summed E-state index contributed by atoms with van der Waals surface area (Å²) >= 11 is 5.77. The highest BCUT2D eigenvalue weighted by atomic mass is 35.5. The van der Waals surface area contributed by atoms with Gasteiger partial charge in [-0.15, -0.1) is 0 Å². The van der Waals surface area contributed by atoms with Crippen LogP contribution in [0, 0.1) is 12.7 Å². The SMILES string of the molecule is COc1ccc(C(=O)Nc2nc(C)cc(Cl)n2)cc1F. The van der Waals surface area contributed by atoms with Crippen molar-refractivity contribution in [1.82, 2.24) is 9.97 Å². The maximum atomic E-state index is 13.5. The average Bonchev–Trinajstić information content (AvgIpc) is 2.37. The van der Waals surface area contributed by atoms with Crippen molar-refractivity contribution < 1.29 is 13.9 Å². The number of aryl methyl sites for hydroxylation is 1. The Morgan fingerprint density at radius 3 is 2.70 bits per heavy atom. The van der Waals surface area contributed by atoms with Gasteiger partial charge in [0.2, 0.25) is 5.95 Å². The van der Waals surface area contributed by atoms with Gasteiger partial charge in [-0.05, 0) is 31.2 Å². The van der Waals surface area contributed by atoms with E-state index in [2.05, 4.69) is 15.3 Å². The number of nitrogens with zero attached hydrogens (tertiary/aromatic N) is 2. The van der Waals surface area contributed by atoms with Gasteiger partial charge in [-0.2, -0.15) is 0 Å². The second-order valence-corrected chi connectivity index (χ2v) is 4.35. The van der Waals surface area contributed by atoms with Crippen LogP contribution in [0.3, 0.4) is 0 Å². The summed E-state index contributed by atoms with van der Waals surface area (Å²) in [4.78, 5) is 19.8. The first kappa shape index (κ1) is 14.2. The van der Waals surface area contributed by atoms with E-state index in [4.69, 9.17) is 16.3 Å². The molecule has 2 aromatic rings. The van der Waals surface area contributed by atoms with Crippen LogP contribution in [0.4, 0.5) is 10.3 Å². The zero-order chi connectivity index (χ0) is 14.7. The lowest BCUT2D eigenvalue weighted by Crippen LogP contribution is -2.15. The maximum absolute atomic E-state index is 13.5. The van der Waals surface area contributed by atoms with Gasteiger partial charge in [0.25, 0.3) is 5.91 Å². The molecule has 0 unspecified atom stereocenters. The summed E-state index contributed by atoms with van der Waals surface area (Å²) in [5, 5.41) is 2.67. The lowest BCUT2D eigenvalue weighted by atomic mass is 10.2. The Labute approximate surface area is 119 Å². The van der Waals surface area contributed by atoms with Gasteiger partial charge in [0, 0.05) is 11.3 Å². The first-order chi connectivity index (χ1) is 9.49. The van der Waals surface area contributed by atoms with E-state index in [1.807, 2.05) is 0 Å². The molecule has 0 aliphatic carbocycles. The standard InChI is InChI=1S/C13H11ClFN3O2/c1-7-5-11(14)17-13(16-7)18-12(19)8-3-4-10(20-2)9(15)6-8/h3-6H,1-2H3,(H,16,17,18,19). The molecule has 0 atom stereocenters. The zero-order valence-electron chi connectivity index (χ0n) is 10.8. The molecule has 1 amide bonds. The number of rotatable bonds is 3. The van der Waals surface area contributed by atoms with Crippen LogP contribution >= 0.6 is 11.6 Å². The minimum absolute atomic E-state index is 0.0660. The average molecular weight is 296 g/mol. The molecule has 0 aliphatic rings. The Balaban J connectivity index is 2.21. The number of carbonyl (C=O) groups excluding carboxylic acids is 1. The Hall–Kier alpha value is -2.21. The summed E-state index contributed by atoms with van der Waals surface area (Å²) in [6, 6.07) is 5.44. The number of methoxy groups -OCH3 is 1. The Kier molecular flexibility index (Phi) is 4.14. The van der Waals surface area contributed by atoms with Crippen LogP contribution in [-0.2, 0) is 0 Å². The van der Waals surface area contributed by atoms with Crippen LogP contribution in [0.15, 0.2) is 24.3 Å². The fraction of sp³-hybridized carbons (Fsp3) is 0.154. The molecular formula is C13H11ClFN3O2. The van der Waals surface area contributed by atoms with Crippen molar-refractivity contribution in [1.29, 1.82) is 0 Å². The molecule has 20 heavy (non-hydrogen) atoms. The van der Waals surface area contributed by atoms with Crippen LogP contribution in [0.5, 0.6) is 5.75 Å². The van der Waals surface area contributed by atoms with Gasteiger partial charge in [-0.25, -0.2) is 14.4 Å². The molecule has 0 radical (unpaired) electrons. The third kappa shape index (κ3) is 3.21. The molecule has 5 nitrogen and oxygen atoms in total. The minimum Gasteiger partial charge on any atom is -0.494 e. The summed E-state index contributed by atoms with van der Waals surface area (Å²) in [5.74, 6) is -1.02. The molecule has 0 bridgehead atoms. The zero-order valence-corrected chi connectivity index (χ0v) is 11.5. The third-order valence-electron chi connectivity index (χ3n) is 2.46. The van der Waals surface area contributed by atoms with Crippen LogP contribution in [0.1, 0.15) is 16.1 Å². The fourth-order valence-corrected chi connectivity index (χ4v) is 1.81. The summed E-state index contributed by atoms with van der Waals surface area (Å²) in [6.45, 7) is 1.72. The molecule has 104 valence electrons. The number of anilines is 1. The fourth-order valence-electron chi connectivity index (χ4n) is 1.57. The Morgan fingerprint density at radius 2 is 2.10 bits per heavy atom. The highest BCUT2D eigenvalue weighted by molar-refractivity contribution is 6.29. The molecule has 0 aliphatic heterocycles. The van der Waals surface area contributed by atoms with Crippen LogP contribution < -0.4 is 10.1 Å². The number of ether oxygens (including phenoxy) is 1. The quantitative estimate of drug-likeness (QED) is 0.884. The van der Waals surface area contributed by atoms with Gasteiger partial charge in [-0.1, -0.05) is 11.6 Å². The lowest BCUT2D eigenvalue weighted by Gasteiger charge is -2.06. The number of nitrogens with one attached hydrogen (secondary N) is 1. The predicted octanol–water partition coefficient (Wildman–Crippen LogP) is 2.84. The molecule has 1 N–H and O–H groups in total. The first-order valence-electron chi connectivity index (χ1n) is 5.65. The smallest absolute Gasteiger partial charge is 0.258 e. The number of carbonyl (C=O) groups is 1. The Bertz CT molecular complexity index is 644. The van der Waals surface area contributed by atoms with E-state index in [1.54, 1.807) is 13.0 Å². The topological polar surface area (TPSA) is 64.1 Å². The van der Waals surface area contributed by atoms with E-state index in [1.165, 1.54) is 19.2 Å². The molecule has 0 spiro atoms. The normalized spacial score (nSPS) is 10.2. The van der Waals surface area contributed by atoms with Crippen molar-refractivity contribution >= 4 is 23.5 Å². The van der Waals surface area contributed by atoms with Crippen molar-refractivity contribution in [2.75, 3.05) is 12.4 Å². The largest absolute Gasteiger partial charge is 0.494 e. The number of amides is 1. The molecule has 7 heteroatoms. The van der Waals surface area contributed by atoms with Crippen molar-refractivity contribution in [3.8, 4) is 5.75 Å². The molecule has 1 aromatic heterocycles. The number of halogens is 2. The molecule has 0 saturated carbocycles. The van der Waals surface area contributed by atoms with Gasteiger partial charge >= 0.3 is 0 Å². The Morgan fingerprint density at radius 1 is 1.35 bits per heavy atom. The van der Waals surface area contributed by atoms with E-state index in [0.29, 0.717) is 5.69 Å². The molecular weight excluding hydrogens is 285 g/mol. The first-order valence-corrected chi connectivity index (χ1v) is 6.03. The number of hydrogen-bond acceptors (Lipinski definition) is 4. The number of hydrogen-bond donors (Lipinski definition) is 1. The molecule has 2 rings (SSSR count). The summed E-state index contributed by atoms with van der Waals surface area (Å²) in [6.07, 6.45) is 0. The second kappa shape index (κ2) is 5.83. The van der Waals surface area contributed by atoms with Crippen LogP contribution in [-0.4, -0.2) is 23.0 Å². The van der Waals surface area contributed by atoms with Crippen molar-refractivity contribution in [2.45, 2.75) is 6.92 Å². The van der Waals surface area contributed by atoms with Gasteiger partial charge in [0.05, 0.1) is 7.11 Å². The van der Waals surface area contributed by atoms with E-state index in [-0.39, 0.29) is 22.4 Å². The van der Waals surface area contributed by atoms with Crippen molar-refractivity contribution in [3.63, 3.8) is 0 Å². The number of aromatic nitrogens is 2. The minimum atomic E-state index is -0.622. The van der Waals surface area contributed by atoms with Gasteiger partial charge in [0.1, 0.15) is 5.15 Å². The highest BCUT2D eigenvalue weighted by Gasteiger charge is 2.12. The third-order valence-corrected chi connectivity index (χ3v) is 2.66. The predicted molar refractivity (Wildman–Crippen MR) is 72.7 cm³/mol. The van der Waals surface area contributed by atoms with E-state index >= 15 is 0 Å². The summed E-state index contributed by atoms with van der Waals surface area (Å²) in [7, 11) is 1.35. The van der Waals surface area contributed by atoms with E-state index in [0.717, 1.165) is 6.07 Å². The maximum Gasteiger partial charge on any atom is 0.258 e. The van der Waals surface area contributed by atoms with Crippen LogP contribution in [0.25, 0.3) is 0 Å². The molecule has 0 saturated heterocycles. The highest BCUT2D eigenvalue weighted by Crippen LogP contribution is 2.18. The van der Waals surface area contributed by atoms with E-state index in [9.17, 15) is 9.18 Å². The number of benzene rings is 1. The van der Waals surface area contributed by atoms with Gasteiger partial charge in [-0.3, -0.25) is 10.1 Å². The van der Waals surface area contributed by atoms with E-state index < -0.39 is 11.7 Å². The second-order valence-electron chi connectivity index (χ2n) is 3.96. The summed E-state index contributed by atoms with van der Waals surface area (Å²) < 4.78 is 18.3. The van der Waals surface area contributed by atoms with Crippen molar-refractivity contribution in [3.05, 3.63) is 46.5 Å². The monoisotopic (exact) mass is 295 g/mol. The molecule has 1 heterocycles.